The lowest BCUT2D eigenvalue weighted by atomic mass is 10.1. The van der Waals surface area contributed by atoms with Crippen LogP contribution >= 0.6 is 0 Å². The first-order valence-corrected chi connectivity index (χ1v) is 7.27. The number of likely N-dealkylation sites (tertiary alicyclic amines) is 1. The summed E-state index contributed by atoms with van der Waals surface area (Å²) in [6.07, 6.45) is 2.62. The lowest BCUT2D eigenvalue weighted by molar-refractivity contribution is 0.273. The quantitative estimate of drug-likeness (QED) is 0.933. The summed E-state index contributed by atoms with van der Waals surface area (Å²) in [4.78, 5) is 6.75. The van der Waals surface area contributed by atoms with E-state index in [0.717, 1.165) is 18.6 Å². The van der Waals surface area contributed by atoms with Gasteiger partial charge in [0, 0.05) is 19.2 Å². The van der Waals surface area contributed by atoms with E-state index in [1.165, 1.54) is 38.1 Å². The van der Waals surface area contributed by atoms with Gasteiger partial charge in [0.25, 0.3) is 0 Å². The van der Waals surface area contributed by atoms with Gasteiger partial charge < -0.3 is 15.2 Å². The summed E-state index contributed by atoms with van der Waals surface area (Å²) in [5.74, 6) is 0.698. The van der Waals surface area contributed by atoms with Gasteiger partial charge in [-0.1, -0.05) is 6.92 Å². The molecule has 1 aliphatic heterocycles. The normalized spacial score (nSPS) is 17.9. The predicted molar refractivity (Wildman–Crippen MR) is 78.9 cm³/mol. The molecule has 108 valence electrons. The second kappa shape index (κ2) is 5.40. The molecular weight excluding hydrogens is 255 g/mol. The van der Waals surface area contributed by atoms with Crippen LogP contribution in [0.1, 0.15) is 19.8 Å². The summed E-state index contributed by atoms with van der Waals surface area (Å²) in [5.41, 5.74) is 7.52. The standard InChI is InChI=1S/C15H21FN4/c1-11(9-19-6-2-3-7-19)10-20-14-5-4-12(16)8-13(14)18-15(20)17/h4-5,8,11H,2-3,6-7,9-10H2,1H3,(H2,17,18). The minimum Gasteiger partial charge on any atom is -0.369 e. The Morgan fingerprint density at radius 3 is 2.80 bits per heavy atom. The highest BCUT2D eigenvalue weighted by Crippen LogP contribution is 2.21. The van der Waals surface area contributed by atoms with Gasteiger partial charge in [-0.05, 0) is 44.0 Å². The van der Waals surface area contributed by atoms with Crippen molar-refractivity contribution in [2.75, 3.05) is 25.4 Å². The molecule has 1 aromatic heterocycles. The molecule has 0 bridgehead atoms. The summed E-state index contributed by atoms with van der Waals surface area (Å²) >= 11 is 0. The van der Waals surface area contributed by atoms with Gasteiger partial charge in [0.1, 0.15) is 5.82 Å². The molecular formula is C15H21FN4. The van der Waals surface area contributed by atoms with Gasteiger partial charge in [-0.3, -0.25) is 0 Å². The molecule has 1 atom stereocenters. The van der Waals surface area contributed by atoms with E-state index in [-0.39, 0.29) is 5.82 Å². The number of imidazole rings is 1. The molecule has 1 fully saturated rings. The Kier molecular flexibility index (Phi) is 3.61. The van der Waals surface area contributed by atoms with E-state index in [1.807, 2.05) is 4.57 Å². The van der Waals surface area contributed by atoms with Gasteiger partial charge in [0.15, 0.2) is 0 Å². The van der Waals surface area contributed by atoms with Crippen LogP contribution in [0.4, 0.5) is 10.3 Å². The van der Waals surface area contributed by atoms with Crippen molar-refractivity contribution in [1.29, 1.82) is 0 Å². The molecule has 1 unspecified atom stereocenters. The average molecular weight is 276 g/mol. The second-order valence-electron chi connectivity index (χ2n) is 5.83. The molecule has 1 saturated heterocycles. The summed E-state index contributed by atoms with van der Waals surface area (Å²) < 4.78 is 15.2. The van der Waals surface area contributed by atoms with Crippen molar-refractivity contribution in [3.05, 3.63) is 24.0 Å². The highest BCUT2D eigenvalue weighted by atomic mass is 19.1. The Hall–Kier alpha value is -1.62. The number of hydrogen-bond donors (Lipinski definition) is 1. The molecule has 1 aliphatic rings. The molecule has 2 aromatic rings. The SMILES string of the molecule is CC(CN1CCCC1)Cn1c(N)nc2cc(F)ccc21. The lowest BCUT2D eigenvalue weighted by Gasteiger charge is -2.21. The molecule has 5 heteroatoms. The Bertz CT molecular complexity index is 601. The van der Waals surface area contributed by atoms with Crippen molar-refractivity contribution in [2.45, 2.75) is 26.3 Å². The molecule has 0 saturated carbocycles. The minimum atomic E-state index is -0.271. The molecule has 20 heavy (non-hydrogen) atoms. The number of nitrogen functional groups attached to an aromatic ring is 1. The number of nitrogens with zero attached hydrogens (tertiary/aromatic N) is 3. The molecule has 1 aromatic carbocycles. The van der Waals surface area contributed by atoms with Crippen molar-refractivity contribution in [2.24, 2.45) is 5.92 Å². The summed E-state index contributed by atoms with van der Waals surface area (Å²) in [5, 5.41) is 0. The Labute approximate surface area is 118 Å². The Morgan fingerprint density at radius 2 is 2.05 bits per heavy atom. The fourth-order valence-corrected chi connectivity index (χ4v) is 3.09. The number of anilines is 1. The highest BCUT2D eigenvalue weighted by Gasteiger charge is 2.17. The number of rotatable bonds is 4. The first-order valence-electron chi connectivity index (χ1n) is 7.27. The fourth-order valence-electron chi connectivity index (χ4n) is 3.09. The van der Waals surface area contributed by atoms with Crippen LogP contribution in [-0.4, -0.2) is 34.1 Å². The van der Waals surface area contributed by atoms with Crippen LogP contribution in [-0.2, 0) is 6.54 Å². The van der Waals surface area contributed by atoms with Gasteiger partial charge in [0.2, 0.25) is 5.95 Å². The van der Waals surface area contributed by atoms with E-state index < -0.39 is 0 Å². The van der Waals surface area contributed by atoms with Gasteiger partial charge in [-0.2, -0.15) is 0 Å². The molecule has 3 rings (SSSR count). The first kappa shape index (κ1) is 13.4. The third-order valence-corrected chi connectivity index (χ3v) is 4.00. The van der Waals surface area contributed by atoms with E-state index in [0.29, 0.717) is 17.4 Å². The largest absolute Gasteiger partial charge is 0.369 e. The van der Waals surface area contributed by atoms with Gasteiger partial charge in [-0.15, -0.1) is 0 Å². The zero-order chi connectivity index (χ0) is 14.1. The summed E-state index contributed by atoms with van der Waals surface area (Å²) in [7, 11) is 0. The smallest absolute Gasteiger partial charge is 0.201 e. The molecule has 0 aliphatic carbocycles. The number of benzene rings is 1. The van der Waals surface area contributed by atoms with Crippen molar-refractivity contribution in [1.82, 2.24) is 14.5 Å². The molecule has 0 spiro atoms. The zero-order valence-corrected chi connectivity index (χ0v) is 11.8. The van der Waals surface area contributed by atoms with E-state index in [4.69, 9.17) is 5.73 Å². The zero-order valence-electron chi connectivity index (χ0n) is 11.8. The maximum Gasteiger partial charge on any atom is 0.201 e. The number of hydrogen-bond acceptors (Lipinski definition) is 3. The monoisotopic (exact) mass is 276 g/mol. The summed E-state index contributed by atoms with van der Waals surface area (Å²) in [6.45, 7) is 6.54. The van der Waals surface area contributed by atoms with Crippen molar-refractivity contribution in [3.8, 4) is 0 Å². The van der Waals surface area contributed by atoms with Gasteiger partial charge in [-0.25, -0.2) is 9.37 Å². The molecule has 4 nitrogen and oxygen atoms in total. The topological polar surface area (TPSA) is 47.1 Å². The van der Waals surface area contributed by atoms with Crippen molar-refractivity contribution < 1.29 is 4.39 Å². The third-order valence-electron chi connectivity index (χ3n) is 4.00. The Morgan fingerprint density at radius 1 is 1.30 bits per heavy atom. The number of aromatic nitrogens is 2. The minimum absolute atomic E-state index is 0.271. The van der Waals surface area contributed by atoms with Crippen LogP contribution in [0.25, 0.3) is 11.0 Å². The van der Waals surface area contributed by atoms with Crippen LogP contribution in [0, 0.1) is 11.7 Å². The van der Waals surface area contributed by atoms with Crippen molar-refractivity contribution in [3.63, 3.8) is 0 Å². The van der Waals surface area contributed by atoms with Gasteiger partial charge >= 0.3 is 0 Å². The van der Waals surface area contributed by atoms with E-state index in [9.17, 15) is 4.39 Å². The average Bonchev–Trinajstić information content (AvgIpc) is 2.98. The number of halogens is 1. The van der Waals surface area contributed by atoms with Crippen LogP contribution in [0.2, 0.25) is 0 Å². The van der Waals surface area contributed by atoms with Gasteiger partial charge in [0.05, 0.1) is 11.0 Å². The number of fused-ring (bicyclic) bond motifs is 1. The summed E-state index contributed by atoms with van der Waals surface area (Å²) in [6, 6.07) is 4.66. The first-order chi connectivity index (χ1) is 9.63. The molecule has 2 N–H and O–H groups in total. The number of nitrogens with two attached hydrogens (primary N) is 1. The van der Waals surface area contributed by atoms with Crippen LogP contribution < -0.4 is 5.73 Å². The highest BCUT2D eigenvalue weighted by molar-refractivity contribution is 5.78. The fraction of sp³-hybridized carbons (Fsp3) is 0.533. The van der Waals surface area contributed by atoms with Crippen LogP contribution in [0.15, 0.2) is 18.2 Å². The maximum absolute atomic E-state index is 13.2. The molecule has 0 amide bonds. The lowest BCUT2D eigenvalue weighted by Crippen LogP contribution is -2.27. The maximum atomic E-state index is 13.2. The van der Waals surface area contributed by atoms with Crippen molar-refractivity contribution >= 4 is 17.0 Å². The van der Waals surface area contributed by atoms with E-state index >= 15 is 0 Å². The second-order valence-corrected chi connectivity index (χ2v) is 5.83. The third kappa shape index (κ3) is 2.63. The van der Waals surface area contributed by atoms with E-state index in [1.54, 1.807) is 6.07 Å². The van der Waals surface area contributed by atoms with Crippen LogP contribution in [0.5, 0.6) is 0 Å². The predicted octanol–water partition coefficient (Wildman–Crippen LogP) is 2.49. The molecule has 2 heterocycles. The van der Waals surface area contributed by atoms with Crippen LogP contribution in [0.3, 0.4) is 0 Å². The molecule has 0 radical (unpaired) electrons. The Balaban J connectivity index is 1.77. The van der Waals surface area contributed by atoms with E-state index in [2.05, 4.69) is 16.8 Å².